The van der Waals surface area contributed by atoms with E-state index >= 15 is 0 Å². The molecule has 1 heterocycles. The van der Waals surface area contributed by atoms with Gasteiger partial charge in [0, 0.05) is 0 Å². The molecular formula is C12H18N2O4. The van der Waals surface area contributed by atoms with E-state index in [4.69, 9.17) is 14.9 Å². The highest BCUT2D eigenvalue weighted by molar-refractivity contribution is 5.85. The van der Waals surface area contributed by atoms with Crippen LogP contribution in [0, 0.1) is 0 Å². The van der Waals surface area contributed by atoms with Crippen molar-refractivity contribution in [2.24, 2.45) is 0 Å². The quantitative estimate of drug-likeness (QED) is 0.758. The molecule has 0 radical (unpaired) electrons. The molecule has 0 aliphatic heterocycles. The van der Waals surface area contributed by atoms with E-state index in [-0.39, 0.29) is 18.9 Å². The minimum atomic E-state index is -0.615. The average Bonchev–Trinajstić information content (AvgIpc) is 2.27. The molecule has 0 atom stereocenters. The van der Waals surface area contributed by atoms with Gasteiger partial charge >= 0.3 is 6.09 Å². The van der Waals surface area contributed by atoms with Crippen LogP contribution in [0.5, 0.6) is 0 Å². The predicted molar refractivity (Wildman–Crippen MR) is 65.9 cm³/mol. The van der Waals surface area contributed by atoms with E-state index in [9.17, 15) is 4.79 Å². The Kier molecular flexibility index (Phi) is 4.63. The van der Waals surface area contributed by atoms with Crippen molar-refractivity contribution in [1.29, 1.82) is 0 Å². The van der Waals surface area contributed by atoms with Gasteiger partial charge in [-0.1, -0.05) is 0 Å². The number of aliphatic hydroxyl groups excluding tert-OH is 2. The molecule has 1 aromatic heterocycles. The molecule has 6 heteroatoms. The van der Waals surface area contributed by atoms with Crippen molar-refractivity contribution in [3.63, 3.8) is 0 Å². The molecule has 0 bridgehead atoms. The zero-order valence-electron chi connectivity index (χ0n) is 10.7. The Bertz CT molecular complexity index is 427. The van der Waals surface area contributed by atoms with Crippen molar-refractivity contribution in [3.05, 3.63) is 23.5 Å². The number of anilines is 1. The van der Waals surface area contributed by atoms with Crippen molar-refractivity contribution in [1.82, 2.24) is 4.98 Å². The number of aliphatic hydroxyl groups is 2. The number of pyridine rings is 1. The van der Waals surface area contributed by atoms with Crippen LogP contribution in [0.1, 0.15) is 32.2 Å². The topological polar surface area (TPSA) is 91.7 Å². The first kappa shape index (κ1) is 14.4. The number of ether oxygens (including phenoxy) is 1. The second-order valence-electron chi connectivity index (χ2n) is 4.74. The highest BCUT2D eigenvalue weighted by Gasteiger charge is 2.17. The van der Waals surface area contributed by atoms with Gasteiger partial charge in [-0.2, -0.15) is 0 Å². The average molecular weight is 254 g/mol. The molecule has 0 saturated carbocycles. The second-order valence-corrected chi connectivity index (χ2v) is 4.74. The summed E-state index contributed by atoms with van der Waals surface area (Å²) in [5, 5.41) is 20.6. The van der Waals surface area contributed by atoms with E-state index in [1.165, 1.54) is 0 Å². The van der Waals surface area contributed by atoms with Gasteiger partial charge in [0.05, 0.1) is 30.3 Å². The molecule has 0 aromatic carbocycles. The zero-order valence-corrected chi connectivity index (χ0v) is 10.7. The van der Waals surface area contributed by atoms with Crippen LogP contribution in [0.25, 0.3) is 0 Å². The van der Waals surface area contributed by atoms with E-state index in [1.807, 2.05) is 0 Å². The monoisotopic (exact) mass is 254 g/mol. The second kappa shape index (κ2) is 5.79. The molecule has 1 aromatic rings. The number of carbonyl (C=O) groups excluding carboxylic acids is 1. The highest BCUT2D eigenvalue weighted by Crippen LogP contribution is 2.16. The van der Waals surface area contributed by atoms with Gasteiger partial charge in [-0.05, 0) is 32.9 Å². The van der Waals surface area contributed by atoms with Gasteiger partial charge < -0.3 is 14.9 Å². The summed E-state index contributed by atoms with van der Waals surface area (Å²) >= 11 is 0. The number of hydrogen-bond acceptors (Lipinski definition) is 5. The van der Waals surface area contributed by atoms with Crippen molar-refractivity contribution in [2.75, 3.05) is 5.32 Å². The normalized spacial score (nSPS) is 11.2. The number of aromatic nitrogens is 1. The maximum Gasteiger partial charge on any atom is 0.412 e. The van der Waals surface area contributed by atoms with Crippen LogP contribution in [0.3, 0.4) is 0 Å². The SMILES string of the molecule is CC(C)(C)OC(=O)Nc1ccc(CO)nc1CO. The van der Waals surface area contributed by atoms with E-state index in [0.29, 0.717) is 11.4 Å². The lowest BCUT2D eigenvalue weighted by atomic mass is 10.2. The summed E-state index contributed by atoms with van der Waals surface area (Å²) in [6.07, 6.45) is -0.615. The third kappa shape index (κ3) is 4.31. The van der Waals surface area contributed by atoms with Crippen LogP contribution < -0.4 is 5.32 Å². The molecule has 0 spiro atoms. The van der Waals surface area contributed by atoms with Crippen LogP contribution in [0.15, 0.2) is 12.1 Å². The molecule has 1 rings (SSSR count). The first-order valence-corrected chi connectivity index (χ1v) is 5.56. The van der Waals surface area contributed by atoms with Crippen molar-refractivity contribution >= 4 is 11.8 Å². The molecular weight excluding hydrogens is 236 g/mol. The number of carbonyl (C=O) groups is 1. The Morgan fingerprint density at radius 2 is 2.00 bits per heavy atom. The number of nitrogens with zero attached hydrogens (tertiary/aromatic N) is 1. The minimum absolute atomic E-state index is 0.223. The molecule has 100 valence electrons. The van der Waals surface area contributed by atoms with Crippen LogP contribution in [-0.4, -0.2) is 26.9 Å². The van der Waals surface area contributed by atoms with Crippen molar-refractivity contribution in [2.45, 2.75) is 39.6 Å². The zero-order chi connectivity index (χ0) is 13.8. The van der Waals surface area contributed by atoms with Gasteiger partial charge in [0.1, 0.15) is 5.60 Å². The summed E-state index contributed by atoms with van der Waals surface area (Å²) in [5.74, 6) is 0. The Hall–Kier alpha value is -1.66. The molecule has 0 aliphatic carbocycles. The summed E-state index contributed by atoms with van der Waals surface area (Å²) in [7, 11) is 0. The van der Waals surface area contributed by atoms with Gasteiger partial charge in [0.15, 0.2) is 0 Å². The third-order valence-electron chi connectivity index (χ3n) is 1.98. The maximum absolute atomic E-state index is 11.6. The van der Waals surface area contributed by atoms with E-state index < -0.39 is 11.7 Å². The van der Waals surface area contributed by atoms with Gasteiger partial charge in [0.25, 0.3) is 0 Å². The summed E-state index contributed by atoms with van der Waals surface area (Å²) < 4.78 is 5.09. The van der Waals surface area contributed by atoms with Crippen LogP contribution in [-0.2, 0) is 18.0 Å². The molecule has 1 amide bonds. The third-order valence-corrected chi connectivity index (χ3v) is 1.98. The lowest BCUT2D eigenvalue weighted by Crippen LogP contribution is -2.27. The molecule has 6 nitrogen and oxygen atoms in total. The molecule has 0 unspecified atom stereocenters. The van der Waals surface area contributed by atoms with E-state index in [1.54, 1.807) is 32.9 Å². The molecule has 0 saturated heterocycles. The fraction of sp³-hybridized carbons (Fsp3) is 0.500. The lowest BCUT2D eigenvalue weighted by Gasteiger charge is -2.20. The summed E-state index contributed by atoms with van der Waals surface area (Å²) in [6.45, 7) is 4.71. The van der Waals surface area contributed by atoms with E-state index in [0.717, 1.165) is 0 Å². The van der Waals surface area contributed by atoms with Gasteiger partial charge in [-0.25, -0.2) is 4.79 Å². The first-order chi connectivity index (χ1) is 8.35. The van der Waals surface area contributed by atoms with Gasteiger partial charge in [-0.15, -0.1) is 0 Å². The van der Waals surface area contributed by atoms with Crippen LogP contribution in [0.4, 0.5) is 10.5 Å². The van der Waals surface area contributed by atoms with Crippen LogP contribution >= 0.6 is 0 Å². The Balaban J connectivity index is 2.81. The van der Waals surface area contributed by atoms with E-state index in [2.05, 4.69) is 10.3 Å². The van der Waals surface area contributed by atoms with Gasteiger partial charge in [-0.3, -0.25) is 10.3 Å². The molecule has 18 heavy (non-hydrogen) atoms. The Labute approximate surface area is 106 Å². The summed E-state index contributed by atoms with van der Waals surface area (Å²) in [6, 6.07) is 3.12. The maximum atomic E-state index is 11.6. The Morgan fingerprint density at radius 3 is 2.50 bits per heavy atom. The standard InChI is InChI=1S/C12H18N2O4/c1-12(2,3)18-11(17)14-9-5-4-8(6-15)13-10(9)7-16/h4-5,15-16H,6-7H2,1-3H3,(H,14,17). The molecule has 0 aliphatic rings. The summed E-state index contributed by atoms with van der Waals surface area (Å²) in [4.78, 5) is 15.5. The smallest absolute Gasteiger partial charge is 0.412 e. The fourth-order valence-corrected chi connectivity index (χ4v) is 1.28. The lowest BCUT2D eigenvalue weighted by molar-refractivity contribution is 0.0635. The highest BCUT2D eigenvalue weighted by atomic mass is 16.6. The van der Waals surface area contributed by atoms with Crippen molar-refractivity contribution < 1.29 is 19.7 Å². The van der Waals surface area contributed by atoms with Gasteiger partial charge in [0.2, 0.25) is 0 Å². The predicted octanol–water partition coefficient (Wildman–Crippen LogP) is 1.41. The molecule has 0 fully saturated rings. The minimum Gasteiger partial charge on any atom is -0.444 e. The number of rotatable bonds is 3. The van der Waals surface area contributed by atoms with Crippen LogP contribution in [0.2, 0.25) is 0 Å². The largest absolute Gasteiger partial charge is 0.444 e. The van der Waals surface area contributed by atoms with Crippen molar-refractivity contribution in [3.8, 4) is 0 Å². The fourth-order valence-electron chi connectivity index (χ4n) is 1.28. The number of amides is 1. The molecule has 3 N–H and O–H groups in total. The Morgan fingerprint density at radius 1 is 1.33 bits per heavy atom. The first-order valence-electron chi connectivity index (χ1n) is 5.56. The number of hydrogen-bond donors (Lipinski definition) is 3. The summed E-state index contributed by atoms with van der Waals surface area (Å²) in [5.41, 5.74) is 0.479. The number of nitrogens with one attached hydrogen (secondary N) is 1.